The second-order valence-corrected chi connectivity index (χ2v) is 11.5. The van der Waals surface area contributed by atoms with Gasteiger partial charge in [-0.15, -0.1) is 11.6 Å². The number of benzene rings is 3. The standard InChI is InChI=1S/C28H30ClN3O3S/c29-27(21-10-2-1-3-11-21)28(33)30-22-15-16-25(32-17-6-7-18-32)26(19-22)36(34,35)31-24-14-8-12-20-9-4-5-13-23(20)24/h1-5,9-11,13,15-16,19,24,27,31H,6-8,12,14,17-18H2,(H,30,33). The molecular weight excluding hydrogens is 494 g/mol. The number of amides is 1. The number of aryl methyl sites for hydroxylation is 1. The number of halogens is 1. The molecule has 3 aromatic rings. The van der Waals surface area contributed by atoms with Gasteiger partial charge in [-0.25, -0.2) is 13.1 Å². The Labute approximate surface area is 217 Å². The predicted molar refractivity (Wildman–Crippen MR) is 144 cm³/mol. The van der Waals surface area contributed by atoms with Crippen molar-refractivity contribution in [3.8, 4) is 0 Å². The SMILES string of the molecule is O=C(Nc1ccc(N2CCCC2)c(S(=O)(=O)NC2CCCc3ccccc32)c1)C(Cl)c1ccccc1. The Bertz CT molecular complexity index is 1340. The number of alkyl halides is 1. The van der Waals surface area contributed by atoms with Crippen LogP contribution in [0.3, 0.4) is 0 Å². The lowest BCUT2D eigenvalue weighted by Gasteiger charge is -2.28. The van der Waals surface area contributed by atoms with Gasteiger partial charge in [-0.2, -0.15) is 0 Å². The van der Waals surface area contributed by atoms with Crippen molar-refractivity contribution in [2.75, 3.05) is 23.3 Å². The Balaban J connectivity index is 1.45. The van der Waals surface area contributed by atoms with Crippen LogP contribution in [0.25, 0.3) is 0 Å². The van der Waals surface area contributed by atoms with Crippen LogP contribution in [0, 0.1) is 0 Å². The van der Waals surface area contributed by atoms with E-state index in [0.29, 0.717) is 16.9 Å². The lowest BCUT2D eigenvalue weighted by molar-refractivity contribution is -0.116. The number of rotatable bonds is 7. The molecule has 0 spiro atoms. The van der Waals surface area contributed by atoms with Gasteiger partial charge < -0.3 is 10.2 Å². The van der Waals surface area contributed by atoms with Gasteiger partial charge in [0.25, 0.3) is 0 Å². The molecule has 6 nitrogen and oxygen atoms in total. The van der Waals surface area contributed by atoms with Crippen molar-refractivity contribution in [2.24, 2.45) is 0 Å². The molecule has 1 heterocycles. The van der Waals surface area contributed by atoms with Gasteiger partial charge >= 0.3 is 0 Å². The fourth-order valence-corrected chi connectivity index (χ4v) is 6.83. The van der Waals surface area contributed by atoms with E-state index in [1.54, 1.807) is 30.3 Å². The minimum Gasteiger partial charge on any atom is -0.370 e. The summed E-state index contributed by atoms with van der Waals surface area (Å²) in [6.07, 6.45) is 4.67. The first kappa shape index (κ1) is 24.8. The van der Waals surface area contributed by atoms with Crippen molar-refractivity contribution in [2.45, 2.75) is 48.4 Å². The number of nitrogens with zero attached hydrogens (tertiary/aromatic N) is 1. The monoisotopic (exact) mass is 523 g/mol. The molecule has 1 aliphatic heterocycles. The van der Waals surface area contributed by atoms with Crippen LogP contribution in [0.2, 0.25) is 0 Å². The molecule has 0 saturated carbocycles. The van der Waals surface area contributed by atoms with E-state index in [0.717, 1.165) is 50.8 Å². The number of hydrogen-bond acceptors (Lipinski definition) is 4. The van der Waals surface area contributed by atoms with Crippen LogP contribution >= 0.6 is 11.6 Å². The molecule has 36 heavy (non-hydrogen) atoms. The van der Waals surface area contributed by atoms with E-state index in [1.165, 1.54) is 5.56 Å². The lowest BCUT2D eigenvalue weighted by atomic mass is 9.88. The number of anilines is 2. The number of carbonyl (C=O) groups excluding carboxylic acids is 1. The molecule has 1 saturated heterocycles. The van der Waals surface area contributed by atoms with Crippen molar-refractivity contribution in [1.29, 1.82) is 0 Å². The highest BCUT2D eigenvalue weighted by molar-refractivity contribution is 7.89. The Morgan fingerprint density at radius 1 is 0.944 bits per heavy atom. The van der Waals surface area contributed by atoms with Crippen molar-refractivity contribution < 1.29 is 13.2 Å². The first-order valence-electron chi connectivity index (χ1n) is 12.4. The second kappa shape index (κ2) is 10.6. The summed E-state index contributed by atoms with van der Waals surface area (Å²) in [7, 11) is -3.88. The average Bonchev–Trinajstić information content (AvgIpc) is 3.44. The van der Waals surface area contributed by atoms with Crippen LogP contribution < -0.4 is 14.9 Å². The highest BCUT2D eigenvalue weighted by Gasteiger charge is 2.30. The van der Waals surface area contributed by atoms with Gasteiger partial charge in [0.2, 0.25) is 15.9 Å². The van der Waals surface area contributed by atoms with E-state index >= 15 is 0 Å². The third-order valence-corrected chi connectivity index (χ3v) is 8.90. The maximum Gasteiger partial charge on any atom is 0.246 e. The summed E-state index contributed by atoms with van der Waals surface area (Å²) in [5.41, 5.74) is 3.95. The Kier molecular flexibility index (Phi) is 7.32. The molecule has 1 amide bonds. The van der Waals surface area contributed by atoms with E-state index in [-0.39, 0.29) is 10.9 Å². The zero-order valence-electron chi connectivity index (χ0n) is 20.0. The highest BCUT2D eigenvalue weighted by Crippen LogP contribution is 2.35. The van der Waals surface area contributed by atoms with Crippen LogP contribution in [0.5, 0.6) is 0 Å². The number of carbonyl (C=O) groups is 1. The second-order valence-electron chi connectivity index (χ2n) is 9.40. The first-order chi connectivity index (χ1) is 17.4. The van der Waals surface area contributed by atoms with Crippen LogP contribution in [-0.2, 0) is 21.2 Å². The van der Waals surface area contributed by atoms with Crippen molar-refractivity contribution in [3.63, 3.8) is 0 Å². The minimum atomic E-state index is -3.88. The van der Waals surface area contributed by atoms with Crippen molar-refractivity contribution in [1.82, 2.24) is 4.72 Å². The van der Waals surface area contributed by atoms with Gasteiger partial charge in [0.05, 0.1) is 5.69 Å². The summed E-state index contributed by atoms with van der Waals surface area (Å²) in [6, 6.07) is 21.9. The van der Waals surface area contributed by atoms with Crippen molar-refractivity contribution >= 4 is 38.9 Å². The Morgan fingerprint density at radius 3 is 2.44 bits per heavy atom. The molecule has 2 N–H and O–H groups in total. The lowest BCUT2D eigenvalue weighted by Crippen LogP contribution is -2.32. The van der Waals surface area contributed by atoms with Gasteiger partial charge in [0.15, 0.2) is 0 Å². The number of hydrogen-bond donors (Lipinski definition) is 2. The van der Waals surface area contributed by atoms with Gasteiger partial charge in [0, 0.05) is 24.8 Å². The van der Waals surface area contributed by atoms with E-state index in [2.05, 4.69) is 21.0 Å². The molecule has 0 aromatic heterocycles. The van der Waals surface area contributed by atoms with Crippen LogP contribution in [0.1, 0.15) is 53.8 Å². The summed E-state index contributed by atoms with van der Waals surface area (Å²) in [6.45, 7) is 1.61. The topological polar surface area (TPSA) is 78.5 Å². The van der Waals surface area contributed by atoms with E-state index in [1.807, 2.05) is 36.4 Å². The zero-order valence-corrected chi connectivity index (χ0v) is 21.6. The maximum absolute atomic E-state index is 13.8. The Morgan fingerprint density at radius 2 is 1.67 bits per heavy atom. The van der Waals surface area contributed by atoms with Crippen LogP contribution in [0.15, 0.2) is 77.7 Å². The minimum absolute atomic E-state index is 0.177. The summed E-state index contributed by atoms with van der Waals surface area (Å²) in [4.78, 5) is 15.1. The largest absolute Gasteiger partial charge is 0.370 e. The smallest absolute Gasteiger partial charge is 0.246 e. The summed E-state index contributed by atoms with van der Waals surface area (Å²) >= 11 is 6.40. The van der Waals surface area contributed by atoms with Gasteiger partial charge in [0.1, 0.15) is 10.3 Å². The van der Waals surface area contributed by atoms with E-state index in [9.17, 15) is 13.2 Å². The third kappa shape index (κ3) is 5.28. The molecule has 0 radical (unpaired) electrons. The maximum atomic E-state index is 13.8. The van der Waals surface area contributed by atoms with E-state index < -0.39 is 21.3 Å². The molecule has 188 valence electrons. The quantitative estimate of drug-likeness (QED) is 0.397. The summed E-state index contributed by atoms with van der Waals surface area (Å²) in [5.74, 6) is -0.408. The van der Waals surface area contributed by atoms with Gasteiger partial charge in [-0.3, -0.25) is 4.79 Å². The molecular formula is C28H30ClN3O3S. The number of sulfonamides is 1. The third-order valence-electron chi connectivity index (χ3n) is 6.95. The van der Waals surface area contributed by atoms with Crippen molar-refractivity contribution in [3.05, 3.63) is 89.5 Å². The normalized spacial score (nSPS) is 18.5. The molecule has 8 heteroatoms. The highest BCUT2D eigenvalue weighted by atomic mass is 35.5. The summed E-state index contributed by atoms with van der Waals surface area (Å²) < 4.78 is 30.6. The summed E-state index contributed by atoms with van der Waals surface area (Å²) in [5, 5.41) is 1.92. The fourth-order valence-electron chi connectivity index (χ4n) is 5.13. The van der Waals surface area contributed by atoms with Crippen LogP contribution in [0.4, 0.5) is 11.4 Å². The van der Waals surface area contributed by atoms with Gasteiger partial charge in [-0.1, -0.05) is 54.6 Å². The fraction of sp³-hybridized carbons (Fsp3) is 0.321. The number of nitrogens with one attached hydrogen (secondary N) is 2. The molecule has 0 bridgehead atoms. The average molecular weight is 524 g/mol. The molecule has 3 aromatic carbocycles. The molecule has 1 fully saturated rings. The van der Waals surface area contributed by atoms with Gasteiger partial charge in [-0.05, 0) is 67.0 Å². The predicted octanol–water partition coefficient (Wildman–Crippen LogP) is 5.56. The van der Waals surface area contributed by atoms with Crippen LogP contribution in [-0.4, -0.2) is 27.4 Å². The zero-order chi connectivity index (χ0) is 25.1. The number of fused-ring (bicyclic) bond motifs is 1. The molecule has 2 aliphatic rings. The van der Waals surface area contributed by atoms with E-state index in [4.69, 9.17) is 11.6 Å². The molecule has 2 unspecified atom stereocenters. The molecule has 2 atom stereocenters. The molecule has 1 aliphatic carbocycles. The Hall–Kier alpha value is -2.87. The first-order valence-corrected chi connectivity index (χ1v) is 14.3. The molecule has 5 rings (SSSR count).